The van der Waals surface area contributed by atoms with E-state index in [4.69, 9.17) is 34.8 Å². The fourth-order valence-corrected chi connectivity index (χ4v) is 4.25. The van der Waals surface area contributed by atoms with Gasteiger partial charge in [0.1, 0.15) is 18.3 Å². The SMILES string of the molecule is CC[C@@H](CC(=O)c1ccc(/C(F)=C/C(c2cc(Cl)c(Cl)c(Cl)c2)C(F)(F)F)cc1C(F)(F)F)C(=O)NCC(F)(F)F. The smallest absolute Gasteiger partial charge is 0.347 e. The Morgan fingerprint density at radius 2 is 1.49 bits per heavy atom. The van der Waals surface area contributed by atoms with E-state index in [9.17, 15) is 49.1 Å². The van der Waals surface area contributed by atoms with Gasteiger partial charge in [0.05, 0.1) is 20.6 Å². The van der Waals surface area contributed by atoms with Crippen LogP contribution in [0.3, 0.4) is 0 Å². The minimum absolute atomic E-state index is 0.00895. The van der Waals surface area contributed by atoms with Gasteiger partial charge in [-0.25, -0.2) is 4.39 Å². The first-order chi connectivity index (χ1) is 18.7. The summed E-state index contributed by atoms with van der Waals surface area (Å²) in [5.41, 5.74) is -4.41. The highest BCUT2D eigenvalue weighted by Crippen LogP contribution is 2.43. The van der Waals surface area contributed by atoms with E-state index in [0.29, 0.717) is 12.1 Å². The molecule has 0 bridgehead atoms. The first-order valence-electron chi connectivity index (χ1n) is 11.3. The molecule has 226 valence electrons. The standard InChI is InChI=1S/C25H18Cl3F10NO2/c1-2-11(22(41)39-10-23(30,31)32)8-20(40)14-4-3-12(5-16(14)25(36,37)38)19(29)9-15(24(33,34)35)13-6-17(26)21(28)18(27)7-13/h3-7,9,11,15H,2,8,10H2,1H3,(H,39,41)/b19-9-/t11-,15?/m0/s1. The molecule has 2 rings (SSSR count). The van der Waals surface area contributed by atoms with Crippen LogP contribution < -0.4 is 5.32 Å². The summed E-state index contributed by atoms with van der Waals surface area (Å²) in [5, 5.41) is 0.481. The number of amides is 1. The zero-order valence-corrected chi connectivity index (χ0v) is 22.7. The molecule has 16 heteroatoms. The van der Waals surface area contributed by atoms with Crippen LogP contribution >= 0.6 is 34.8 Å². The molecular formula is C25H18Cl3F10NO2. The number of carbonyl (C=O) groups is 2. The minimum Gasteiger partial charge on any atom is -0.347 e. The topological polar surface area (TPSA) is 46.2 Å². The first kappa shape index (κ1) is 34.7. The molecule has 3 nitrogen and oxygen atoms in total. The Hall–Kier alpha value is -2.51. The van der Waals surface area contributed by atoms with Crippen molar-refractivity contribution >= 4 is 52.3 Å². The summed E-state index contributed by atoms with van der Waals surface area (Å²) in [6.07, 6.45) is -16.4. The molecule has 0 heterocycles. The van der Waals surface area contributed by atoms with Crippen LogP contribution in [0.2, 0.25) is 15.1 Å². The average Bonchev–Trinajstić information content (AvgIpc) is 2.84. The Bertz CT molecular complexity index is 1300. The minimum atomic E-state index is -5.30. The maximum absolute atomic E-state index is 15.0. The maximum atomic E-state index is 15.0. The Labute approximate surface area is 241 Å². The van der Waals surface area contributed by atoms with Gasteiger partial charge in [0.25, 0.3) is 0 Å². The van der Waals surface area contributed by atoms with Gasteiger partial charge in [-0.1, -0.05) is 53.9 Å². The zero-order chi connectivity index (χ0) is 31.5. The molecule has 2 aromatic carbocycles. The van der Waals surface area contributed by atoms with E-state index in [1.165, 1.54) is 6.92 Å². The van der Waals surface area contributed by atoms with Crippen LogP contribution in [-0.4, -0.2) is 30.6 Å². The molecular weight excluding hydrogens is 643 g/mol. The van der Waals surface area contributed by atoms with E-state index in [0.717, 1.165) is 12.1 Å². The third-order valence-corrected chi connectivity index (χ3v) is 6.89. The number of benzene rings is 2. The molecule has 1 amide bonds. The number of alkyl halides is 9. The second-order valence-electron chi connectivity index (χ2n) is 8.66. The molecule has 1 N–H and O–H groups in total. The molecule has 41 heavy (non-hydrogen) atoms. The zero-order valence-electron chi connectivity index (χ0n) is 20.5. The Morgan fingerprint density at radius 3 is 1.95 bits per heavy atom. The summed E-state index contributed by atoms with van der Waals surface area (Å²) in [6.45, 7) is -0.408. The van der Waals surface area contributed by atoms with E-state index < -0.39 is 93.1 Å². The number of hydrogen-bond donors (Lipinski definition) is 1. The molecule has 0 spiro atoms. The van der Waals surface area contributed by atoms with Crippen LogP contribution in [0, 0.1) is 5.92 Å². The second kappa shape index (κ2) is 13.2. The number of carbonyl (C=O) groups excluding carboxylic acids is 2. The highest BCUT2D eigenvalue weighted by Gasteiger charge is 2.41. The predicted octanol–water partition coefficient (Wildman–Crippen LogP) is 9.60. The quantitative estimate of drug-likeness (QED) is 0.165. The first-order valence-corrected chi connectivity index (χ1v) is 12.5. The predicted molar refractivity (Wildman–Crippen MR) is 133 cm³/mol. The van der Waals surface area contributed by atoms with Gasteiger partial charge in [0, 0.05) is 23.5 Å². The normalized spacial score (nSPS) is 14.5. The highest BCUT2D eigenvalue weighted by atomic mass is 35.5. The van der Waals surface area contributed by atoms with Crippen molar-refractivity contribution in [3.05, 3.63) is 73.7 Å². The summed E-state index contributed by atoms with van der Waals surface area (Å²) in [6, 6.07) is 2.76. The van der Waals surface area contributed by atoms with E-state index in [2.05, 4.69) is 0 Å². The van der Waals surface area contributed by atoms with E-state index in [-0.39, 0.29) is 23.6 Å². The summed E-state index contributed by atoms with van der Waals surface area (Å²) in [7, 11) is 0. The highest BCUT2D eigenvalue weighted by molar-refractivity contribution is 6.48. The van der Waals surface area contributed by atoms with E-state index in [1.54, 1.807) is 5.32 Å². The van der Waals surface area contributed by atoms with Gasteiger partial charge in [0.2, 0.25) is 5.91 Å². The number of ketones is 1. The van der Waals surface area contributed by atoms with Crippen molar-refractivity contribution in [2.24, 2.45) is 5.92 Å². The molecule has 2 aromatic rings. The van der Waals surface area contributed by atoms with E-state index in [1.807, 2.05) is 0 Å². The number of allylic oxidation sites excluding steroid dienone is 1. The second-order valence-corrected chi connectivity index (χ2v) is 9.85. The third kappa shape index (κ3) is 9.50. The lowest BCUT2D eigenvalue weighted by Gasteiger charge is -2.19. The van der Waals surface area contributed by atoms with Crippen molar-refractivity contribution in [3.8, 4) is 0 Å². The van der Waals surface area contributed by atoms with Crippen molar-refractivity contribution in [2.45, 2.75) is 44.2 Å². The summed E-state index contributed by atoms with van der Waals surface area (Å²) >= 11 is 17.2. The Balaban J connectivity index is 2.48. The molecule has 0 radical (unpaired) electrons. The maximum Gasteiger partial charge on any atom is 0.417 e. The molecule has 0 saturated carbocycles. The third-order valence-electron chi connectivity index (χ3n) is 5.69. The van der Waals surface area contributed by atoms with Gasteiger partial charge in [-0.3, -0.25) is 9.59 Å². The van der Waals surface area contributed by atoms with Crippen molar-refractivity contribution < 1.29 is 53.5 Å². The largest absolute Gasteiger partial charge is 0.417 e. The summed E-state index contributed by atoms with van der Waals surface area (Å²) < 4.78 is 135. The van der Waals surface area contributed by atoms with Crippen molar-refractivity contribution in [2.75, 3.05) is 6.54 Å². The van der Waals surface area contributed by atoms with Crippen LogP contribution in [0.25, 0.3) is 5.83 Å². The number of halogens is 13. The van der Waals surface area contributed by atoms with Gasteiger partial charge in [-0.05, 0) is 36.3 Å². The molecule has 0 aliphatic carbocycles. The van der Waals surface area contributed by atoms with E-state index >= 15 is 4.39 Å². The molecule has 1 unspecified atom stereocenters. The molecule has 0 fully saturated rings. The van der Waals surface area contributed by atoms with Gasteiger partial charge in [0.15, 0.2) is 5.78 Å². The lowest BCUT2D eigenvalue weighted by molar-refractivity contribution is -0.140. The van der Waals surface area contributed by atoms with Crippen LogP contribution in [0.15, 0.2) is 36.4 Å². The molecule has 0 aromatic heterocycles. The van der Waals surface area contributed by atoms with Gasteiger partial charge >= 0.3 is 18.5 Å². The average molecular weight is 661 g/mol. The summed E-state index contributed by atoms with van der Waals surface area (Å²) in [4.78, 5) is 24.7. The van der Waals surface area contributed by atoms with Gasteiger partial charge in [-0.15, -0.1) is 0 Å². The lowest BCUT2D eigenvalue weighted by Crippen LogP contribution is -2.38. The van der Waals surface area contributed by atoms with Crippen LogP contribution in [0.4, 0.5) is 43.9 Å². The van der Waals surface area contributed by atoms with Gasteiger partial charge in [-0.2, -0.15) is 39.5 Å². The van der Waals surface area contributed by atoms with Crippen molar-refractivity contribution in [1.82, 2.24) is 5.32 Å². The van der Waals surface area contributed by atoms with Gasteiger partial charge < -0.3 is 5.32 Å². The monoisotopic (exact) mass is 659 g/mol. The Morgan fingerprint density at radius 1 is 0.927 bits per heavy atom. The van der Waals surface area contributed by atoms with Crippen molar-refractivity contribution in [1.29, 1.82) is 0 Å². The molecule has 0 aliphatic heterocycles. The van der Waals surface area contributed by atoms with Crippen LogP contribution in [-0.2, 0) is 11.0 Å². The lowest BCUT2D eigenvalue weighted by atomic mass is 9.91. The fourth-order valence-electron chi connectivity index (χ4n) is 3.64. The Kier molecular flexibility index (Phi) is 11.2. The summed E-state index contributed by atoms with van der Waals surface area (Å²) in [5.74, 6) is -8.41. The number of rotatable bonds is 9. The fraction of sp³-hybridized carbons (Fsp3) is 0.360. The van der Waals surface area contributed by atoms with Crippen LogP contribution in [0.1, 0.15) is 52.7 Å². The number of nitrogens with one attached hydrogen (secondary N) is 1. The number of Topliss-reactive ketones (excluding diaryl/α,β-unsaturated/α-hetero) is 1. The van der Waals surface area contributed by atoms with Crippen molar-refractivity contribution in [3.63, 3.8) is 0 Å². The molecule has 2 atom stereocenters. The number of hydrogen-bond acceptors (Lipinski definition) is 2. The molecule has 0 saturated heterocycles. The molecule has 0 aliphatic rings. The van der Waals surface area contributed by atoms with Crippen LogP contribution in [0.5, 0.6) is 0 Å².